The maximum absolute atomic E-state index is 5.22. The molecule has 0 fully saturated rings. The summed E-state index contributed by atoms with van der Waals surface area (Å²) in [5, 5.41) is 5.64. The van der Waals surface area contributed by atoms with E-state index in [-0.39, 0.29) is 0 Å². The van der Waals surface area contributed by atoms with E-state index in [4.69, 9.17) is 9.97 Å². The Hall–Kier alpha value is -5.04. The van der Waals surface area contributed by atoms with Crippen LogP contribution in [0.5, 0.6) is 0 Å². The van der Waals surface area contributed by atoms with Gasteiger partial charge in [-0.15, -0.1) is 0 Å². The Kier molecular flexibility index (Phi) is 5.42. The molecule has 7 rings (SSSR count). The van der Waals surface area contributed by atoms with Gasteiger partial charge < -0.3 is 0 Å². The van der Waals surface area contributed by atoms with Gasteiger partial charge in [-0.25, -0.2) is 19.5 Å². The molecule has 3 aromatic heterocycles. The van der Waals surface area contributed by atoms with Crippen molar-refractivity contribution < 1.29 is 0 Å². The molecule has 6 aromatic rings. The molecule has 0 bridgehead atoms. The van der Waals surface area contributed by atoms with Crippen molar-refractivity contribution in [2.75, 3.05) is 9.80 Å². The smallest absolute Gasteiger partial charge is 0.183 e. The van der Waals surface area contributed by atoms with Crippen LogP contribution in [0.3, 0.4) is 0 Å². The van der Waals surface area contributed by atoms with E-state index in [2.05, 4.69) is 96.1 Å². The number of hydrogen-bond acceptors (Lipinski definition) is 6. The first-order valence-electron chi connectivity index (χ1n) is 13.4. The number of aromatic nitrogens is 5. The van der Waals surface area contributed by atoms with Crippen molar-refractivity contribution in [1.82, 2.24) is 24.6 Å². The second-order valence-corrected chi connectivity index (χ2v) is 10.4. The minimum atomic E-state index is 0.807. The number of para-hydroxylation sites is 4. The number of fused-ring (bicyclic) bond motifs is 3. The number of rotatable bonds is 3. The van der Waals surface area contributed by atoms with E-state index in [0.29, 0.717) is 0 Å². The second kappa shape index (κ2) is 9.02. The molecule has 4 heterocycles. The summed E-state index contributed by atoms with van der Waals surface area (Å²) in [6, 6.07) is 20.9. The Morgan fingerprint density at radius 3 is 1.68 bits per heavy atom. The number of anilines is 4. The van der Waals surface area contributed by atoms with Crippen molar-refractivity contribution >= 4 is 45.8 Å². The molecule has 0 N–H and O–H groups in total. The lowest BCUT2D eigenvalue weighted by Gasteiger charge is -2.28. The lowest BCUT2D eigenvalue weighted by atomic mass is 10.1. The lowest BCUT2D eigenvalue weighted by molar-refractivity contribution is 0.944. The third-order valence-corrected chi connectivity index (χ3v) is 7.65. The number of benzene rings is 3. The summed E-state index contributed by atoms with van der Waals surface area (Å²) < 4.78 is 1.82. The zero-order valence-corrected chi connectivity index (χ0v) is 23.2. The van der Waals surface area contributed by atoms with Crippen LogP contribution in [0.1, 0.15) is 27.9 Å². The number of hydrogen-bond donors (Lipinski definition) is 0. The van der Waals surface area contributed by atoms with Crippen LogP contribution < -0.4 is 15.0 Å². The van der Waals surface area contributed by atoms with E-state index in [1.807, 2.05) is 41.9 Å². The Bertz CT molecular complexity index is 1900. The van der Waals surface area contributed by atoms with Crippen molar-refractivity contribution in [2.45, 2.75) is 34.6 Å². The van der Waals surface area contributed by atoms with E-state index < -0.39 is 0 Å². The summed E-state index contributed by atoms with van der Waals surface area (Å²) in [4.78, 5) is 19.5. The highest BCUT2D eigenvalue weighted by atomic mass is 15.5. The highest BCUT2D eigenvalue weighted by Crippen LogP contribution is 2.51. The van der Waals surface area contributed by atoms with Gasteiger partial charge in [0.2, 0.25) is 0 Å². The van der Waals surface area contributed by atoms with Crippen molar-refractivity contribution in [3.63, 3.8) is 0 Å². The Morgan fingerprint density at radius 2 is 1.15 bits per heavy atom. The van der Waals surface area contributed by atoms with Gasteiger partial charge in [0, 0.05) is 17.6 Å². The van der Waals surface area contributed by atoms with Gasteiger partial charge in [0.1, 0.15) is 5.82 Å². The lowest BCUT2D eigenvalue weighted by Crippen LogP contribution is -2.24. The molecule has 1 aliphatic heterocycles. The summed E-state index contributed by atoms with van der Waals surface area (Å²) in [6.45, 7) is 10.6. The topological polar surface area (TPSA) is 62.5 Å². The van der Waals surface area contributed by atoms with Gasteiger partial charge in [0.25, 0.3) is 0 Å². The highest BCUT2D eigenvalue weighted by Gasteiger charge is 2.38. The van der Waals surface area contributed by atoms with Gasteiger partial charge in [-0.05, 0) is 81.2 Å². The van der Waals surface area contributed by atoms with Gasteiger partial charge in [0.05, 0.1) is 28.1 Å². The predicted octanol–water partition coefficient (Wildman–Crippen LogP) is 6.55. The molecule has 3 aromatic carbocycles. The number of aryl methyl sites for hydroxylation is 5. The van der Waals surface area contributed by atoms with Gasteiger partial charge in [0.15, 0.2) is 17.3 Å². The fourth-order valence-electron chi connectivity index (χ4n) is 5.81. The normalized spacial score (nSPS) is 13.6. The third kappa shape index (κ3) is 3.58. The van der Waals surface area contributed by atoms with Crippen molar-refractivity contribution in [3.8, 4) is 0 Å². The van der Waals surface area contributed by atoms with Crippen molar-refractivity contribution in [2.24, 2.45) is 0 Å². The fraction of sp³-hybridized carbons (Fsp3) is 0.152. The summed E-state index contributed by atoms with van der Waals surface area (Å²) in [5.74, 6) is 2.56. The van der Waals surface area contributed by atoms with E-state index in [9.17, 15) is 0 Å². The van der Waals surface area contributed by atoms with Gasteiger partial charge in [-0.2, -0.15) is 5.10 Å². The van der Waals surface area contributed by atoms with Gasteiger partial charge in [-0.3, -0.25) is 9.80 Å². The molecule has 0 atom stereocenters. The standard InChI is InChI=1S/C33H29N7/c1-20-10-8-11-21(2)29(20)39-28(17-16-25-24(5)37-38-19-18-34-31(25)38)40(30-22(3)12-9-13-23(30)4)33-32(39)35-26-14-6-7-15-27(26)36-33/h6-19H,1-5H3/b25-16-. The van der Waals surface area contributed by atoms with Crippen molar-refractivity contribution in [3.05, 3.63) is 118 Å². The minimum absolute atomic E-state index is 0.807. The summed E-state index contributed by atoms with van der Waals surface area (Å²) in [6.07, 6.45) is 7.93. The van der Waals surface area contributed by atoms with Gasteiger partial charge >= 0.3 is 0 Å². The predicted molar refractivity (Wildman–Crippen MR) is 161 cm³/mol. The number of allylic oxidation sites excluding steroid dienone is 1. The molecule has 0 amide bonds. The molecular formula is C33H29N7. The second-order valence-electron chi connectivity index (χ2n) is 10.4. The Balaban J connectivity index is 1.60. The van der Waals surface area contributed by atoms with E-state index >= 15 is 0 Å². The quantitative estimate of drug-likeness (QED) is 0.262. The largest absolute Gasteiger partial charge is 0.276 e. The van der Waals surface area contributed by atoms with Crippen LogP contribution in [0.2, 0.25) is 0 Å². The Labute approximate surface area is 232 Å². The summed E-state index contributed by atoms with van der Waals surface area (Å²) >= 11 is 0. The Morgan fingerprint density at radius 1 is 0.625 bits per heavy atom. The molecule has 0 aliphatic carbocycles. The van der Waals surface area contributed by atoms with E-state index in [0.717, 1.165) is 78.7 Å². The molecule has 1 aliphatic rings. The molecule has 0 radical (unpaired) electrons. The van der Waals surface area contributed by atoms with Crippen LogP contribution in [0.25, 0.3) is 22.8 Å². The molecule has 0 spiro atoms. The zero-order chi connectivity index (χ0) is 27.5. The van der Waals surface area contributed by atoms with Crippen LogP contribution in [0, 0.1) is 34.6 Å². The zero-order valence-electron chi connectivity index (χ0n) is 23.2. The molecule has 0 unspecified atom stereocenters. The first kappa shape index (κ1) is 24.0. The summed E-state index contributed by atoms with van der Waals surface area (Å²) in [5.41, 5.74) is 10.3. The average molecular weight is 524 g/mol. The first-order chi connectivity index (χ1) is 19.4. The van der Waals surface area contributed by atoms with Crippen LogP contribution in [-0.4, -0.2) is 24.6 Å². The average Bonchev–Trinajstić information content (AvgIpc) is 3.58. The SMILES string of the molecule is Cc1cccc(C)c1N1C(=C/C=c2/c(C)nn3ccnc23)N(c2c(C)cccc2C)c2nc3ccccc3nc21. The van der Waals surface area contributed by atoms with Crippen LogP contribution in [0.4, 0.5) is 23.0 Å². The monoisotopic (exact) mass is 523 g/mol. The maximum atomic E-state index is 5.22. The molecule has 7 nitrogen and oxygen atoms in total. The minimum Gasteiger partial charge on any atom is -0.276 e. The van der Waals surface area contributed by atoms with Crippen molar-refractivity contribution in [1.29, 1.82) is 0 Å². The van der Waals surface area contributed by atoms with E-state index in [1.165, 1.54) is 0 Å². The van der Waals surface area contributed by atoms with Crippen LogP contribution >= 0.6 is 0 Å². The molecule has 0 saturated heterocycles. The first-order valence-corrected chi connectivity index (χ1v) is 13.4. The number of imidazole rings is 1. The highest BCUT2D eigenvalue weighted by molar-refractivity contribution is 5.95. The number of nitrogens with zero attached hydrogens (tertiary/aromatic N) is 7. The molecule has 7 heteroatoms. The van der Waals surface area contributed by atoms with Crippen LogP contribution in [-0.2, 0) is 0 Å². The summed E-state index contributed by atoms with van der Waals surface area (Å²) in [7, 11) is 0. The van der Waals surface area contributed by atoms with Crippen LogP contribution in [0.15, 0.2) is 85.0 Å². The third-order valence-electron chi connectivity index (χ3n) is 7.65. The maximum Gasteiger partial charge on any atom is 0.183 e. The van der Waals surface area contributed by atoms with Gasteiger partial charge in [-0.1, -0.05) is 48.5 Å². The molecule has 40 heavy (non-hydrogen) atoms. The molecular weight excluding hydrogens is 494 g/mol. The molecule has 0 saturated carbocycles. The van der Waals surface area contributed by atoms with E-state index in [1.54, 1.807) is 6.20 Å². The fourth-order valence-corrected chi connectivity index (χ4v) is 5.81. The molecule has 196 valence electrons.